The third-order valence-corrected chi connectivity index (χ3v) is 3.83. The van der Waals surface area contributed by atoms with Gasteiger partial charge in [0, 0.05) is 3.58 Å². The maximum absolute atomic E-state index is 11.7. The minimum atomic E-state index is -0.617. The van der Waals surface area contributed by atoms with E-state index in [0.29, 0.717) is 6.42 Å². The van der Waals surface area contributed by atoms with Crippen LogP contribution in [0.3, 0.4) is 0 Å². The van der Waals surface area contributed by atoms with Gasteiger partial charge in [0.05, 0.1) is 18.6 Å². The predicted molar refractivity (Wildman–Crippen MR) is 66.6 cm³/mol. The van der Waals surface area contributed by atoms with Gasteiger partial charge in [-0.15, -0.1) is 0 Å². The minimum Gasteiger partial charge on any atom is -0.468 e. The lowest BCUT2D eigenvalue weighted by Gasteiger charge is -2.41. The van der Waals surface area contributed by atoms with Gasteiger partial charge in [0.1, 0.15) is 0 Å². The number of hydrogen-bond donors (Lipinski definition) is 1. The van der Waals surface area contributed by atoms with Crippen LogP contribution in [0.15, 0.2) is 9.66 Å². The summed E-state index contributed by atoms with van der Waals surface area (Å²) in [6.45, 7) is 5.78. The summed E-state index contributed by atoms with van der Waals surface area (Å²) in [6.07, 6.45) is 1.92. The molecule has 0 bridgehead atoms. The molecule has 0 heterocycles. The molecule has 86 valence electrons. The van der Waals surface area contributed by atoms with Gasteiger partial charge in [0.15, 0.2) is 0 Å². The van der Waals surface area contributed by atoms with Gasteiger partial charge in [0.2, 0.25) is 0 Å². The number of rotatable bonds is 1. The third-order valence-electron chi connectivity index (χ3n) is 2.93. The van der Waals surface area contributed by atoms with Crippen LogP contribution in [0.1, 0.15) is 27.2 Å². The van der Waals surface area contributed by atoms with Gasteiger partial charge in [-0.3, -0.25) is 4.79 Å². The molecule has 0 spiro atoms. The summed E-state index contributed by atoms with van der Waals surface area (Å²) >= 11 is 2.09. The number of ether oxygens (including phenoxy) is 1. The molecule has 0 aliphatic heterocycles. The zero-order valence-corrected chi connectivity index (χ0v) is 11.7. The quantitative estimate of drug-likeness (QED) is 0.595. The Morgan fingerprint density at radius 3 is 2.53 bits per heavy atom. The molecule has 0 amide bonds. The molecule has 0 aromatic rings. The Hall–Kier alpha value is -0.100. The maximum atomic E-state index is 11.7. The molecule has 0 saturated carbocycles. The molecule has 0 aromatic heterocycles. The fraction of sp³-hybridized carbons (Fsp3) is 0.727. The van der Waals surface area contributed by atoms with E-state index in [2.05, 4.69) is 22.6 Å². The summed E-state index contributed by atoms with van der Waals surface area (Å²) in [5.41, 5.74) is -0.914. The Bertz CT molecular complexity index is 309. The number of hydrogen-bond acceptors (Lipinski definition) is 3. The molecule has 0 radical (unpaired) electrons. The molecular formula is C11H17IO3. The fourth-order valence-corrected chi connectivity index (χ4v) is 3.75. The zero-order valence-electron chi connectivity index (χ0n) is 9.50. The number of aliphatic hydroxyl groups is 1. The lowest BCUT2D eigenvalue weighted by molar-refractivity contribution is -0.152. The first-order valence-corrected chi connectivity index (χ1v) is 5.95. The van der Waals surface area contributed by atoms with Gasteiger partial charge >= 0.3 is 5.97 Å². The van der Waals surface area contributed by atoms with Crippen LogP contribution < -0.4 is 0 Å². The second-order valence-electron chi connectivity index (χ2n) is 5.01. The van der Waals surface area contributed by atoms with Gasteiger partial charge in [-0.25, -0.2) is 0 Å². The summed E-state index contributed by atoms with van der Waals surface area (Å²) in [7, 11) is 1.40. The van der Waals surface area contributed by atoms with Crippen LogP contribution in [-0.2, 0) is 9.53 Å². The summed E-state index contributed by atoms with van der Waals surface area (Å²) < 4.78 is 5.62. The molecule has 2 atom stereocenters. The maximum Gasteiger partial charge on any atom is 0.315 e. The second-order valence-corrected chi connectivity index (χ2v) is 6.25. The number of carbonyl (C=O) groups is 1. The number of carbonyl (C=O) groups excluding carboxylic acids is 1. The van der Waals surface area contributed by atoms with E-state index in [9.17, 15) is 9.90 Å². The number of methoxy groups -OCH3 is 1. The summed E-state index contributed by atoms with van der Waals surface area (Å²) in [5.74, 6) is -0.239. The van der Waals surface area contributed by atoms with Gasteiger partial charge in [0.25, 0.3) is 0 Å². The molecule has 3 nitrogen and oxygen atoms in total. The first kappa shape index (κ1) is 13.0. The van der Waals surface area contributed by atoms with Crippen molar-refractivity contribution in [1.82, 2.24) is 0 Å². The standard InChI is InChI=1S/C11H17IO3/c1-10(2)6-11(3,9(14)15-4)5-7(12)8(10)13/h5,8,13H,6H2,1-4H3. The average molecular weight is 324 g/mol. The van der Waals surface area contributed by atoms with Crippen molar-refractivity contribution >= 4 is 28.6 Å². The van der Waals surface area contributed by atoms with Crippen molar-refractivity contribution in [1.29, 1.82) is 0 Å². The van der Waals surface area contributed by atoms with Gasteiger partial charge in [-0.05, 0) is 41.4 Å². The topological polar surface area (TPSA) is 46.5 Å². The molecule has 0 aromatic carbocycles. The first-order valence-electron chi connectivity index (χ1n) is 4.88. The number of halogens is 1. The second kappa shape index (κ2) is 4.05. The van der Waals surface area contributed by atoms with E-state index >= 15 is 0 Å². The van der Waals surface area contributed by atoms with E-state index in [-0.39, 0.29) is 11.4 Å². The highest BCUT2D eigenvalue weighted by Crippen LogP contribution is 2.47. The molecule has 2 unspecified atom stereocenters. The van der Waals surface area contributed by atoms with Gasteiger partial charge < -0.3 is 9.84 Å². The van der Waals surface area contributed by atoms with Crippen LogP contribution in [0.5, 0.6) is 0 Å². The van der Waals surface area contributed by atoms with Crippen molar-refractivity contribution in [2.45, 2.75) is 33.3 Å². The molecule has 1 aliphatic rings. The van der Waals surface area contributed by atoms with Crippen LogP contribution in [0.25, 0.3) is 0 Å². The van der Waals surface area contributed by atoms with Crippen LogP contribution in [0.4, 0.5) is 0 Å². The summed E-state index contributed by atoms with van der Waals surface area (Å²) in [4.78, 5) is 11.7. The molecule has 1 rings (SSSR count). The Morgan fingerprint density at radius 1 is 1.60 bits per heavy atom. The highest BCUT2D eigenvalue weighted by atomic mass is 127. The number of aliphatic hydroxyl groups excluding tert-OH is 1. The van der Waals surface area contributed by atoms with Crippen molar-refractivity contribution in [3.8, 4) is 0 Å². The van der Waals surface area contributed by atoms with E-state index in [1.165, 1.54) is 7.11 Å². The monoisotopic (exact) mass is 324 g/mol. The van der Waals surface area contributed by atoms with E-state index in [0.717, 1.165) is 3.58 Å². The molecule has 0 saturated heterocycles. The third kappa shape index (κ3) is 2.36. The van der Waals surface area contributed by atoms with Crippen LogP contribution in [0.2, 0.25) is 0 Å². The predicted octanol–water partition coefficient (Wildman–Crippen LogP) is 2.28. The normalized spacial score (nSPS) is 34.5. The summed E-state index contributed by atoms with van der Waals surface area (Å²) in [6, 6.07) is 0. The largest absolute Gasteiger partial charge is 0.468 e. The highest BCUT2D eigenvalue weighted by Gasteiger charge is 2.46. The summed E-state index contributed by atoms with van der Waals surface area (Å²) in [5, 5.41) is 9.96. The molecule has 4 heteroatoms. The highest BCUT2D eigenvalue weighted by molar-refractivity contribution is 14.1. The smallest absolute Gasteiger partial charge is 0.315 e. The minimum absolute atomic E-state index is 0.239. The van der Waals surface area contributed by atoms with E-state index in [1.54, 1.807) is 0 Å². The fourth-order valence-electron chi connectivity index (χ4n) is 2.21. The molecule has 0 fully saturated rings. The van der Waals surface area contributed by atoms with Crippen molar-refractivity contribution in [3.63, 3.8) is 0 Å². The Balaban J connectivity index is 3.11. The SMILES string of the molecule is COC(=O)C1(C)C=C(I)C(O)C(C)(C)C1. The van der Waals surface area contributed by atoms with E-state index in [4.69, 9.17) is 4.74 Å². The van der Waals surface area contributed by atoms with Crippen LogP contribution in [-0.4, -0.2) is 24.3 Å². The van der Waals surface area contributed by atoms with Crippen molar-refractivity contribution < 1.29 is 14.6 Å². The lowest BCUT2D eigenvalue weighted by atomic mass is 9.67. The number of esters is 1. The molecule has 1 N–H and O–H groups in total. The Morgan fingerprint density at radius 2 is 2.13 bits per heavy atom. The zero-order chi connectivity index (χ0) is 11.9. The van der Waals surface area contributed by atoms with Crippen molar-refractivity contribution in [2.75, 3.05) is 7.11 Å². The van der Waals surface area contributed by atoms with Crippen molar-refractivity contribution in [2.24, 2.45) is 10.8 Å². The Kier molecular flexibility index (Phi) is 3.50. The average Bonchev–Trinajstić information content (AvgIpc) is 2.12. The van der Waals surface area contributed by atoms with Gasteiger partial charge in [-0.1, -0.05) is 19.9 Å². The molecule has 15 heavy (non-hydrogen) atoms. The van der Waals surface area contributed by atoms with Crippen LogP contribution in [0, 0.1) is 10.8 Å². The van der Waals surface area contributed by atoms with E-state index in [1.807, 2.05) is 26.8 Å². The van der Waals surface area contributed by atoms with E-state index < -0.39 is 11.5 Å². The first-order chi connectivity index (χ1) is 6.73. The van der Waals surface area contributed by atoms with Crippen LogP contribution >= 0.6 is 22.6 Å². The lowest BCUT2D eigenvalue weighted by Crippen LogP contribution is -2.43. The van der Waals surface area contributed by atoms with Crippen molar-refractivity contribution in [3.05, 3.63) is 9.66 Å². The molecule has 1 aliphatic carbocycles. The Labute approximate surface area is 104 Å². The molecular weight excluding hydrogens is 307 g/mol. The van der Waals surface area contributed by atoms with Gasteiger partial charge in [-0.2, -0.15) is 0 Å².